The van der Waals surface area contributed by atoms with E-state index in [0.29, 0.717) is 29.4 Å². The molecule has 0 amide bonds. The van der Waals surface area contributed by atoms with E-state index in [1.165, 1.54) is 0 Å². The van der Waals surface area contributed by atoms with Gasteiger partial charge in [-0.25, -0.2) is 0 Å². The molecule has 0 unspecified atom stereocenters. The third kappa shape index (κ3) is 2.01. The molecule has 8 heteroatoms. The maximum absolute atomic E-state index is 12.0. The van der Waals surface area contributed by atoms with E-state index in [9.17, 15) is 8.42 Å². The zero-order chi connectivity index (χ0) is 14.6. The fraction of sp³-hybridized carbons (Fsp3) is 0.231. The minimum Gasteiger partial charge on any atom is -0.351 e. The number of amidine groups is 1. The van der Waals surface area contributed by atoms with Crippen LogP contribution in [0.25, 0.3) is 0 Å². The third-order valence-electron chi connectivity index (χ3n) is 3.72. The van der Waals surface area contributed by atoms with Crippen molar-refractivity contribution in [3.8, 4) is 0 Å². The molecule has 2 aliphatic rings. The summed E-state index contributed by atoms with van der Waals surface area (Å²) in [6.45, 7) is 1.41. The van der Waals surface area contributed by atoms with E-state index in [-0.39, 0.29) is 6.04 Å². The molecule has 6 nitrogen and oxygen atoms in total. The van der Waals surface area contributed by atoms with E-state index < -0.39 is 10.0 Å². The van der Waals surface area contributed by atoms with Crippen molar-refractivity contribution in [2.24, 2.45) is 4.40 Å². The molecule has 0 aliphatic carbocycles. The number of nitrogens with zero attached hydrogens (tertiary/aromatic N) is 4. The minimum absolute atomic E-state index is 0.245. The Kier molecular flexibility index (Phi) is 2.74. The molecular formula is C13H11BrN4O2S. The van der Waals surface area contributed by atoms with Crippen molar-refractivity contribution in [1.82, 2.24) is 14.7 Å². The predicted octanol–water partition coefficient (Wildman–Crippen LogP) is 1.65. The second-order valence-corrected chi connectivity index (χ2v) is 7.57. The predicted molar refractivity (Wildman–Crippen MR) is 80.7 cm³/mol. The van der Waals surface area contributed by atoms with Gasteiger partial charge in [0.1, 0.15) is 4.90 Å². The van der Waals surface area contributed by atoms with Crippen LogP contribution in [0.4, 0.5) is 0 Å². The van der Waals surface area contributed by atoms with Gasteiger partial charge >= 0.3 is 0 Å². The second-order valence-electron chi connectivity index (χ2n) is 5.08. The largest absolute Gasteiger partial charge is 0.351 e. The highest BCUT2D eigenvalue weighted by molar-refractivity contribution is 9.10. The summed E-state index contributed by atoms with van der Waals surface area (Å²) in [5, 5.41) is 4.26. The first-order valence-corrected chi connectivity index (χ1v) is 8.67. The highest BCUT2D eigenvalue weighted by Crippen LogP contribution is 2.32. The fourth-order valence-corrected chi connectivity index (χ4v) is 4.16. The number of hydrogen-bond donors (Lipinski definition) is 0. The van der Waals surface area contributed by atoms with E-state index in [0.717, 1.165) is 4.47 Å². The Morgan fingerprint density at radius 2 is 2.00 bits per heavy atom. The molecule has 1 fully saturated rings. The summed E-state index contributed by atoms with van der Waals surface area (Å²) in [5.41, 5.74) is 0.692. The van der Waals surface area contributed by atoms with Crippen LogP contribution in [-0.2, 0) is 10.0 Å². The average Bonchev–Trinajstić information content (AvgIpc) is 2.92. The van der Waals surface area contributed by atoms with Gasteiger partial charge in [-0.05, 0) is 28.1 Å². The fourth-order valence-electron chi connectivity index (χ4n) is 2.63. The van der Waals surface area contributed by atoms with Crippen LogP contribution in [0.3, 0.4) is 0 Å². The highest BCUT2D eigenvalue weighted by atomic mass is 79.9. The molecule has 2 aliphatic heterocycles. The summed E-state index contributed by atoms with van der Waals surface area (Å²) < 4.78 is 30.8. The Bertz CT molecular complexity index is 853. The molecule has 21 heavy (non-hydrogen) atoms. The number of fused-ring (bicyclic) bond motifs is 1. The van der Waals surface area contributed by atoms with E-state index in [1.54, 1.807) is 24.4 Å². The molecule has 2 aromatic rings. The molecule has 1 saturated heterocycles. The SMILES string of the molecule is O=S1(=O)N=C(N2CC(n3cc(Br)cn3)C2)c2ccccc21. The normalized spacial score (nSPS) is 20.0. The zero-order valence-electron chi connectivity index (χ0n) is 10.8. The van der Waals surface area contributed by atoms with Gasteiger partial charge in [0.25, 0.3) is 10.0 Å². The summed E-state index contributed by atoms with van der Waals surface area (Å²) in [6.07, 6.45) is 3.67. The molecule has 0 saturated carbocycles. The number of sulfonamides is 1. The lowest BCUT2D eigenvalue weighted by Crippen LogP contribution is -2.50. The highest BCUT2D eigenvalue weighted by Gasteiger charge is 2.38. The molecule has 0 spiro atoms. The molecule has 0 N–H and O–H groups in total. The van der Waals surface area contributed by atoms with Gasteiger partial charge in [0, 0.05) is 24.8 Å². The van der Waals surface area contributed by atoms with Crippen molar-refractivity contribution in [3.05, 3.63) is 46.7 Å². The topological polar surface area (TPSA) is 67.6 Å². The first-order valence-electron chi connectivity index (χ1n) is 6.43. The lowest BCUT2D eigenvalue weighted by molar-refractivity contribution is 0.180. The number of benzene rings is 1. The number of rotatable bonds is 1. The molecule has 0 bridgehead atoms. The van der Waals surface area contributed by atoms with E-state index in [2.05, 4.69) is 25.4 Å². The Morgan fingerprint density at radius 1 is 1.24 bits per heavy atom. The molecule has 0 atom stereocenters. The smallest absolute Gasteiger partial charge is 0.285 e. The molecule has 108 valence electrons. The first kappa shape index (κ1) is 13.0. The molecule has 1 aromatic carbocycles. The minimum atomic E-state index is -3.54. The van der Waals surface area contributed by atoms with Crippen molar-refractivity contribution in [2.45, 2.75) is 10.9 Å². The van der Waals surface area contributed by atoms with Crippen molar-refractivity contribution in [2.75, 3.05) is 13.1 Å². The van der Waals surface area contributed by atoms with Gasteiger partial charge < -0.3 is 4.90 Å². The lowest BCUT2D eigenvalue weighted by Gasteiger charge is -2.40. The van der Waals surface area contributed by atoms with Crippen LogP contribution >= 0.6 is 15.9 Å². The average molecular weight is 367 g/mol. The maximum Gasteiger partial charge on any atom is 0.285 e. The standard InChI is InChI=1S/C13H11BrN4O2S/c14-9-5-15-18(6-9)10-7-17(8-10)13-11-3-1-2-4-12(11)21(19,20)16-13/h1-6,10H,7-8H2. The van der Waals surface area contributed by atoms with Crippen LogP contribution in [0.1, 0.15) is 11.6 Å². The summed E-state index contributed by atoms with van der Waals surface area (Å²) in [6, 6.07) is 7.19. The van der Waals surface area contributed by atoms with Crippen LogP contribution in [0.5, 0.6) is 0 Å². The first-order chi connectivity index (χ1) is 10.0. The van der Waals surface area contributed by atoms with Crippen LogP contribution in [0, 0.1) is 0 Å². The molecule has 4 rings (SSSR count). The molecule has 0 radical (unpaired) electrons. The van der Waals surface area contributed by atoms with E-state index in [4.69, 9.17) is 0 Å². The molecular weight excluding hydrogens is 356 g/mol. The summed E-state index contributed by atoms with van der Waals surface area (Å²) in [5.74, 6) is 0.549. The second kappa shape index (κ2) is 4.41. The summed E-state index contributed by atoms with van der Waals surface area (Å²) in [4.78, 5) is 2.27. The molecule has 1 aromatic heterocycles. The number of halogens is 1. The zero-order valence-corrected chi connectivity index (χ0v) is 13.2. The number of hydrogen-bond acceptors (Lipinski definition) is 4. The third-order valence-corrected chi connectivity index (χ3v) is 5.45. The van der Waals surface area contributed by atoms with E-state index in [1.807, 2.05) is 21.8 Å². The summed E-state index contributed by atoms with van der Waals surface area (Å²) in [7, 11) is -3.54. The Labute approximate surface area is 130 Å². The van der Waals surface area contributed by atoms with Crippen LogP contribution in [0.15, 0.2) is 50.4 Å². The lowest BCUT2D eigenvalue weighted by atomic mass is 10.1. The van der Waals surface area contributed by atoms with Gasteiger partial charge in [0.15, 0.2) is 5.84 Å². The van der Waals surface area contributed by atoms with Crippen molar-refractivity contribution in [1.29, 1.82) is 0 Å². The summed E-state index contributed by atoms with van der Waals surface area (Å²) >= 11 is 3.37. The quantitative estimate of drug-likeness (QED) is 0.769. The van der Waals surface area contributed by atoms with Gasteiger partial charge in [-0.3, -0.25) is 4.68 Å². The van der Waals surface area contributed by atoms with Gasteiger partial charge in [-0.15, -0.1) is 4.40 Å². The monoisotopic (exact) mass is 366 g/mol. The molecule has 3 heterocycles. The number of aromatic nitrogens is 2. The van der Waals surface area contributed by atoms with Crippen LogP contribution in [0.2, 0.25) is 0 Å². The van der Waals surface area contributed by atoms with Gasteiger partial charge in [0.05, 0.1) is 16.7 Å². The Balaban J connectivity index is 1.60. The van der Waals surface area contributed by atoms with Crippen molar-refractivity contribution >= 4 is 31.8 Å². The Hall–Kier alpha value is -1.67. The van der Waals surface area contributed by atoms with Crippen LogP contribution < -0.4 is 0 Å². The van der Waals surface area contributed by atoms with Gasteiger partial charge in [-0.1, -0.05) is 12.1 Å². The number of likely N-dealkylation sites (tertiary alicyclic amines) is 1. The van der Waals surface area contributed by atoms with Crippen molar-refractivity contribution < 1.29 is 8.42 Å². The van der Waals surface area contributed by atoms with Gasteiger partial charge in [-0.2, -0.15) is 13.5 Å². The Morgan fingerprint density at radius 3 is 2.71 bits per heavy atom. The van der Waals surface area contributed by atoms with Gasteiger partial charge in [0.2, 0.25) is 0 Å². The van der Waals surface area contributed by atoms with E-state index >= 15 is 0 Å². The van der Waals surface area contributed by atoms with Crippen LogP contribution in [-0.4, -0.2) is 42.0 Å². The van der Waals surface area contributed by atoms with Crippen molar-refractivity contribution in [3.63, 3.8) is 0 Å². The maximum atomic E-state index is 12.0.